The molecule has 126 valence electrons. The van der Waals surface area contributed by atoms with E-state index < -0.39 is 0 Å². The molecule has 6 nitrogen and oxygen atoms in total. The van der Waals surface area contributed by atoms with E-state index in [1.165, 1.54) is 0 Å². The highest BCUT2D eigenvalue weighted by atomic mass is 35.5. The molecule has 1 saturated heterocycles. The summed E-state index contributed by atoms with van der Waals surface area (Å²) < 4.78 is 11.2. The minimum atomic E-state index is 0.551. The van der Waals surface area contributed by atoms with Crippen molar-refractivity contribution in [3.05, 3.63) is 41.2 Å². The van der Waals surface area contributed by atoms with Gasteiger partial charge in [-0.25, -0.2) is 9.97 Å². The van der Waals surface area contributed by atoms with Gasteiger partial charge in [0.25, 0.3) is 0 Å². The first-order valence-corrected chi connectivity index (χ1v) is 8.50. The van der Waals surface area contributed by atoms with Crippen molar-refractivity contribution in [2.24, 2.45) is 0 Å². The number of nitrogens with zero attached hydrogens (tertiary/aromatic N) is 4. The number of rotatable bonds is 3. The first kappa shape index (κ1) is 15.5. The first-order valence-electron chi connectivity index (χ1n) is 8.12. The molecule has 0 N–H and O–H groups in total. The standard InChI is InChI=1S/C17H19ClN4O2/c18-14-10-13(11-15-16(14)24-9-8-23-15)12-21-4-6-22(7-5-21)17-19-2-1-3-20-17/h1-3,10-11H,4-9,12H2. The molecule has 7 heteroatoms. The minimum absolute atomic E-state index is 0.551. The van der Waals surface area contributed by atoms with Crippen LogP contribution in [0.3, 0.4) is 0 Å². The van der Waals surface area contributed by atoms with Crippen LogP contribution in [0, 0.1) is 0 Å². The second-order valence-corrected chi connectivity index (χ2v) is 6.32. The Balaban J connectivity index is 1.40. The van der Waals surface area contributed by atoms with Crippen LogP contribution in [-0.4, -0.2) is 54.3 Å². The third-order valence-corrected chi connectivity index (χ3v) is 4.55. The summed E-state index contributed by atoms with van der Waals surface area (Å²) in [6.07, 6.45) is 3.57. The van der Waals surface area contributed by atoms with Gasteiger partial charge in [0, 0.05) is 45.1 Å². The molecular weight excluding hydrogens is 328 g/mol. The fraction of sp³-hybridized carbons (Fsp3) is 0.412. The normalized spacial score (nSPS) is 17.8. The van der Waals surface area contributed by atoms with E-state index in [1.807, 2.05) is 18.2 Å². The number of halogens is 1. The van der Waals surface area contributed by atoms with Crippen molar-refractivity contribution < 1.29 is 9.47 Å². The van der Waals surface area contributed by atoms with Crippen molar-refractivity contribution >= 4 is 17.5 Å². The molecule has 3 heterocycles. The van der Waals surface area contributed by atoms with E-state index in [0.29, 0.717) is 24.0 Å². The summed E-state index contributed by atoms with van der Waals surface area (Å²) in [6.45, 7) is 5.73. The van der Waals surface area contributed by atoms with Gasteiger partial charge in [-0.05, 0) is 23.8 Å². The van der Waals surface area contributed by atoms with Gasteiger partial charge in [0.15, 0.2) is 11.5 Å². The Bertz CT molecular complexity index is 705. The van der Waals surface area contributed by atoms with Crippen LogP contribution in [0.4, 0.5) is 5.95 Å². The van der Waals surface area contributed by atoms with Crippen LogP contribution in [0.25, 0.3) is 0 Å². The van der Waals surface area contributed by atoms with E-state index in [0.717, 1.165) is 50.0 Å². The number of benzene rings is 1. The molecule has 2 aromatic rings. The van der Waals surface area contributed by atoms with Crippen molar-refractivity contribution in [1.29, 1.82) is 0 Å². The summed E-state index contributed by atoms with van der Waals surface area (Å²) in [6, 6.07) is 5.85. The SMILES string of the molecule is Clc1cc(CN2CCN(c3ncccn3)CC2)cc2c1OCCO2. The van der Waals surface area contributed by atoms with E-state index in [4.69, 9.17) is 21.1 Å². The van der Waals surface area contributed by atoms with E-state index >= 15 is 0 Å². The molecule has 0 unspecified atom stereocenters. The smallest absolute Gasteiger partial charge is 0.225 e. The summed E-state index contributed by atoms with van der Waals surface area (Å²) in [5.41, 5.74) is 1.15. The zero-order valence-electron chi connectivity index (χ0n) is 13.3. The Labute approximate surface area is 146 Å². The molecule has 0 atom stereocenters. The van der Waals surface area contributed by atoms with Crippen LogP contribution in [0.15, 0.2) is 30.6 Å². The monoisotopic (exact) mass is 346 g/mol. The van der Waals surface area contributed by atoms with Crippen LogP contribution < -0.4 is 14.4 Å². The lowest BCUT2D eigenvalue weighted by molar-refractivity contribution is 0.171. The highest BCUT2D eigenvalue weighted by molar-refractivity contribution is 6.32. The van der Waals surface area contributed by atoms with Crippen molar-refractivity contribution in [1.82, 2.24) is 14.9 Å². The fourth-order valence-corrected chi connectivity index (χ4v) is 3.36. The minimum Gasteiger partial charge on any atom is -0.486 e. The maximum absolute atomic E-state index is 6.32. The number of hydrogen-bond acceptors (Lipinski definition) is 6. The summed E-state index contributed by atoms with van der Waals surface area (Å²) in [5, 5.41) is 0.624. The Morgan fingerprint density at radius 2 is 1.75 bits per heavy atom. The third kappa shape index (κ3) is 3.25. The van der Waals surface area contributed by atoms with Crippen LogP contribution in [0.2, 0.25) is 5.02 Å². The van der Waals surface area contributed by atoms with E-state index in [1.54, 1.807) is 12.4 Å². The van der Waals surface area contributed by atoms with Crippen molar-refractivity contribution in [2.45, 2.75) is 6.54 Å². The Hall–Kier alpha value is -2.05. The summed E-state index contributed by atoms with van der Waals surface area (Å²) in [5.74, 6) is 2.22. The molecule has 0 bridgehead atoms. The summed E-state index contributed by atoms with van der Waals surface area (Å²) in [4.78, 5) is 13.3. The van der Waals surface area contributed by atoms with Gasteiger partial charge in [-0.3, -0.25) is 4.90 Å². The second-order valence-electron chi connectivity index (χ2n) is 5.91. The second kappa shape index (κ2) is 6.83. The average Bonchev–Trinajstić information content (AvgIpc) is 2.63. The van der Waals surface area contributed by atoms with E-state index in [9.17, 15) is 0 Å². The molecule has 0 saturated carbocycles. The number of piperazine rings is 1. The number of aromatic nitrogens is 2. The zero-order valence-corrected chi connectivity index (χ0v) is 14.1. The molecule has 24 heavy (non-hydrogen) atoms. The molecular formula is C17H19ClN4O2. The fourth-order valence-electron chi connectivity index (χ4n) is 3.07. The molecule has 1 aromatic carbocycles. The zero-order chi connectivity index (χ0) is 16.4. The van der Waals surface area contributed by atoms with E-state index in [-0.39, 0.29) is 0 Å². The first-order chi connectivity index (χ1) is 11.8. The van der Waals surface area contributed by atoms with Gasteiger partial charge in [0.2, 0.25) is 5.95 Å². The molecule has 0 radical (unpaired) electrons. The predicted octanol–water partition coefficient (Wildman–Crippen LogP) is 2.22. The molecule has 4 rings (SSSR count). The number of fused-ring (bicyclic) bond motifs is 1. The van der Waals surface area contributed by atoms with Gasteiger partial charge >= 0.3 is 0 Å². The van der Waals surface area contributed by atoms with Gasteiger partial charge in [-0.15, -0.1) is 0 Å². The number of hydrogen-bond donors (Lipinski definition) is 0. The van der Waals surface area contributed by atoms with Crippen molar-refractivity contribution in [2.75, 3.05) is 44.3 Å². The molecule has 1 aromatic heterocycles. The molecule has 0 aliphatic carbocycles. The lowest BCUT2D eigenvalue weighted by Gasteiger charge is -2.34. The Kier molecular flexibility index (Phi) is 4.40. The van der Waals surface area contributed by atoms with Gasteiger partial charge < -0.3 is 14.4 Å². The van der Waals surface area contributed by atoms with E-state index in [2.05, 4.69) is 19.8 Å². The van der Waals surface area contributed by atoms with Crippen LogP contribution in [-0.2, 0) is 6.54 Å². The van der Waals surface area contributed by atoms with Crippen LogP contribution in [0.5, 0.6) is 11.5 Å². The summed E-state index contributed by atoms with van der Waals surface area (Å²) >= 11 is 6.32. The molecule has 2 aliphatic rings. The largest absolute Gasteiger partial charge is 0.486 e. The van der Waals surface area contributed by atoms with Crippen LogP contribution >= 0.6 is 11.6 Å². The Morgan fingerprint density at radius 3 is 2.54 bits per heavy atom. The lowest BCUT2D eigenvalue weighted by Crippen LogP contribution is -2.46. The van der Waals surface area contributed by atoms with Crippen molar-refractivity contribution in [3.63, 3.8) is 0 Å². The molecule has 1 fully saturated rings. The van der Waals surface area contributed by atoms with Crippen LogP contribution in [0.1, 0.15) is 5.56 Å². The van der Waals surface area contributed by atoms with Gasteiger partial charge in [0.05, 0.1) is 5.02 Å². The maximum atomic E-state index is 6.32. The van der Waals surface area contributed by atoms with Gasteiger partial charge in [-0.2, -0.15) is 0 Å². The molecule has 0 spiro atoms. The topological polar surface area (TPSA) is 50.7 Å². The number of ether oxygens (including phenoxy) is 2. The number of anilines is 1. The molecule has 2 aliphatic heterocycles. The quantitative estimate of drug-likeness (QED) is 0.849. The summed E-state index contributed by atoms with van der Waals surface area (Å²) in [7, 11) is 0. The van der Waals surface area contributed by atoms with Gasteiger partial charge in [0.1, 0.15) is 13.2 Å². The highest BCUT2D eigenvalue weighted by Crippen LogP contribution is 2.38. The van der Waals surface area contributed by atoms with Gasteiger partial charge in [-0.1, -0.05) is 11.6 Å². The third-order valence-electron chi connectivity index (χ3n) is 4.27. The van der Waals surface area contributed by atoms with Crippen molar-refractivity contribution in [3.8, 4) is 11.5 Å². The Morgan fingerprint density at radius 1 is 1.00 bits per heavy atom. The maximum Gasteiger partial charge on any atom is 0.225 e. The predicted molar refractivity (Wildman–Crippen MR) is 92.0 cm³/mol. The highest BCUT2D eigenvalue weighted by Gasteiger charge is 2.21. The molecule has 0 amide bonds. The average molecular weight is 347 g/mol. The lowest BCUT2D eigenvalue weighted by atomic mass is 10.1.